The Morgan fingerprint density at radius 3 is 2.43 bits per heavy atom. The molecule has 0 amide bonds. The van der Waals surface area contributed by atoms with Crippen LogP contribution in [0.1, 0.15) is 18.5 Å². The highest BCUT2D eigenvalue weighted by Gasteiger charge is 2.14. The van der Waals surface area contributed by atoms with Crippen molar-refractivity contribution in [1.29, 1.82) is 0 Å². The van der Waals surface area contributed by atoms with E-state index >= 15 is 0 Å². The SMILES string of the molecule is COc1cc(NC(C)c2ccc(O)cc2O)c(Br)cc1Br. The van der Waals surface area contributed by atoms with Gasteiger partial charge in [0.1, 0.15) is 17.2 Å². The molecule has 6 heteroatoms. The van der Waals surface area contributed by atoms with Crippen LogP contribution in [0.3, 0.4) is 0 Å². The van der Waals surface area contributed by atoms with Crippen LogP contribution in [0.5, 0.6) is 17.2 Å². The second-order valence-electron chi connectivity index (χ2n) is 4.58. The fraction of sp³-hybridized carbons (Fsp3) is 0.200. The van der Waals surface area contributed by atoms with Crippen LogP contribution in [0.15, 0.2) is 39.3 Å². The van der Waals surface area contributed by atoms with Gasteiger partial charge < -0.3 is 20.3 Å². The number of benzene rings is 2. The maximum absolute atomic E-state index is 9.91. The van der Waals surface area contributed by atoms with Crippen molar-refractivity contribution in [2.75, 3.05) is 12.4 Å². The van der Waals surface area contributed by atoms with Gasteiger partial charge in [-0.25, -0.2) is 0 Å². The molecule has 3 N–H and O–H groups in total. The van der Waals surface area contributed by atoms with Gasteiger partial charge in [0.25, 0.3) is 0 Å². The molecule has 2 aromatic rings. The summed E-state index contributed by atoms with van der Waals surface area (Å²) < 4.78 is 7.00. The molecule has 0 heterocycles. The van der Waals surface area contributed by atoms with Crippen molar-refractivity contribution >= 4 is 37.5 Å². The third-order valence-electron chi connectivity index (χ3n) is 3.09. The summed E-state index contributed by atoms with van der Waals surface area (Å²) >= 11 is 6.91. The first-order chi connectivity index (χ1) is 9.92. The standard InChI is InChI=1S/C15H15Br2NO3/c1-8(10-4-3-9(19)5-14(10)20)18-13-7-15(21-2)12(17)6-11(13)16/h3-8,18-20H,1-2H3. The van der Waals surface area contributed by atoms with Gasteiger partial charge in [-0.05, 0) is 57.0 Å². The number of hydrogen-bond donors (Lipinski definition) is 3. The third-order valence-corrected chi connectivity index (χ3v) is 4.37. The van der Waals surface area contributed by atoms with Gasteiger partial charge in [-0.3, -0.25) is 0 Å². The van der Waals surface area contributed by atoms with E-state index < -0.39 is 0 Å². The molecule has 112 valence electrons. The van der Waals surface area contributed by atoms with Crippen molar-refractivity contribution in [2.45, 2.75) is 13.0 Å². The minimum absolute atomic E-state index is 0.0370. The first kappa shape index (κ1) is 16.0. The van der Waals surface area contributed by atoms with Gasteiger partial charge in [-0.2, -0.15) is 0 Å². The maximum Gasteiger partial charge on any atom is 0.135 e. The number of anilines is 1. The van der Waals surface area contributed by atoms with Crippen LogP contribution in [0.4, 0.5) is 5.69 Å². The van der Waals surface area contributed by atoms with Crippen LogP contribution in [-0.4, -0.2) is 17.3 Å². The Morgan fingerprint density at radius 2 is 1.81 bits per heavy atom. The molecule has 1 unspecified atom stereocenters. The molecule has 0 aliphatic carbocycles. The van der Waals surface area contributed by atoms with Gasteiger partial charge in [0, 0.05) is 22.2 Å². The molecule has 1 atom stereocenters. The van der Waals surface area contributed by atoms with E-state index in [9.17, 15) is 10.2 Å². The van der Waals surface area contributed by atoms with E-state index in [1.165, 1.54) is 6.07 Å². The van der Waals surface area contributed by atoms with Crippen LogP contribution < -0.4 is 10.1 Å². The normalized spacial score (nSPS) is 12.0. The molecule has 0 spiro atoms. The van der Waals surface area contributed by atoms with Gasteiger partial charge in [0.2, 0.25) is 0 Å². The number of phenolic OH excluding ortho intramolecular Hbond substituents is 2. The molecular formula is C15H15Br2NO3. The van der Waals surface area contributed by atoms with Crippen molar-refractivity contribution in [2.24, 2.45) is 0 Å². The number of ether oxygens (including phenoxy) is 1. The zero-order chi connectivity index (χ0) is 15.6. The Hall–Kier alpha value is -1.40. The summed E-state index contributed by atoms with van der Waals surface area (Å²) in [6.07, 6.45) is 0. The monoisotopic (exact) mass is 415 g/mol. The van der Waals surface area contributed by atoms with Crippen LogP contribution in [0.2, 0.25) is 0 Å². The molecule has 0 aliphatic rings. The molecule has 2 rings (SSSR count). The van der Waals surface area contributed by atoms with E-state index in [0.717, 1.165) is 14.6 Å². The van der Waals surface area contributed by atoms with Gasteiger partial charge in [0.15, 0.2) is 0 Å². The summed E-state index contributed by atoms with van der Waals surface area (Å²) in [4.78, 5) is 0. The lowest BCUT2D eigenvalue weighted by atomic mass is 10.1. The number of aromatic hydroxyl groups is 2. The Labute approximate surface area is 140 Å². The number of phenols is 2. The number of halogens is 2. The van der Waals surface area contributed by atoms with Crippen molar-refractivity contribution in [3.63, 3.8) is 0 Å². The lowest BCUT2D eigenvalue weighted by Gasteiger charge is -2.19. The predicted molar refractivity (Wildman–Crippen MR) is 90.2 cm³/mol. The highest BCUT2D eigenvalue weighted by molar-refractivity contribution is 9.11. The predicted octanol–water partition coefficient (Wildman–Crippen LogP) is 4.80. The lowest BCUT2D eigenvalue weighted by molar-refractivity contribution is 0.412. The van der Waals surface area contributed by atoms with Crippen LogP contribution in [0.25, 0.3) is 0 Å². The molecule has 0 bridgehead atoms. The zero-order valence-electron chi connectivity index (χ0n) is 11.5. The van der Waals surface area contributed by atoms with Crippen LogP contribution in [-0.2, 0) is 0 Å². The van der Waals surface area contributed by atoms with Crippen molar-refractivity contribution in [3.8, 4) is 17.2 Å². The number of nitrogens with one attached hydrogen (secondary N) is 1. The molecule has 0 radical (unpaired) electrons. The fourth-order valence-electron chi connectivity index (χ4n) is 2.01. The number of rotatable bonds is 4. The van der Waals surface area contributed by atoms with E-state index in [1.54, 1.807) is 19.2 Å². The second kappa shape index (κ2) is 6.58. The van der Waals surface area contributed by atoms with E-state index in [0.29, 0.717) is 11.3 Å². The van der Waals surface area contributed by atoms with E-state index in [-0.39, 0.29) is 17.5 Å². The molecular weight excluding hydrogens is 402 g/mol. The van der Waals surface area contributed by atoms with E-state index in [1.807, 2.05) is 19.1 Å². The third kappa shape index (κ3) is 3.63. The van der Waals surface area contributed by atoms with Gasteiger partial charge in [0.05, 0.1) is 23.3 Å². The van der Waals surface area contributed by atoms with E-state index in [4.69, 9.17) is 4.74 Å². The molecule has 21 heavy (non-hydrogen) atoms. The topological polar surface area (TPSA) is 61.7 Å². The zero-order valence-corrected chi connectivity index (χ0v) is 14.7. The Balaban J connectivity index is 2.29. The van der Waals surface area contributed by atoms with Gasteiger partial charge in [-0.1, -0.05) is 0 Å². The molecule has 2 aromatic carbocycles. The highest BCUT2D eigenvalue weighted by atomic mass is 79.9. The molecule has 4 nitrogen and oxygen atoms in total. The van der Waals surface area contributed by atoms with Crippen molar-refractivity contribution in [1.82, 2.24) is 0 Å². The largest absolute Gasteiger partial charge is 0.508 e. The summed E-state index contributed by atoms with van der Waals surface area (Å²) in [7, 11) is 1.60. The Kier molecular flexibility index (Phi) is 5.00. The van der Waals surface area contributed by atoms with Gasteiger partial charge in [-0.15, -0.1) is 0 Å². The molecule has 0 aromatic heterocycles. The highest BCUT2D eigenvalue weighted by Crippen LogP contribution is 2.37. The fourth-order valence-corrected chi connectivity index (χ4v) is 3.28. The number of methoxy groups -OCH3 is 1. The molecule has 0 fully saturated rings. The average Bonchev–Trinajstić information content (AvgIpc) is 2.41. The first-order valence-corrected chi connectivity index (χ1v) is 7.82. The smallest absolute Gasteiger partial charge is 0.135 e. The van der Waals surface area contributed by atoms with Crippen molar-refractivity contribution < 1.29 is 14.9 Å². The van der Waals surface area contributed by atoms with Crippen LogP contribution >= 0.6 is 31.9 Å². The summed E-state index contributed by atoms with van der Waals surface area (Å²) in [6.45, 7) is 1.92. The Morgan fingerprint density at radius 1 is 1.10 bits per heavy atom. The van der Waals surface area contributed by atoms with Gasteiger partial charge >= 0.3 is 0 Å². The molecule has 0 saturated carbocycles. The van der Waals surface area contributed by atoms with Crippen LogP contribution in [0, 0.1) is 0 Å². The van der Waals surface area contributed by atoms with E-state index in [2.05, 4.69) is 37.2 Å². The summed E-state index contributed by atoms with van der Waals surface area (Å²) in [5.41, 5.74) is 1.54. The minimum atomic E-state index is -0.146. The summed E-state index contributed by atoms with van der Waals surface area (Å²) in [5, 5.41) is 22.6. The number of hydrogen-bond acceptors (Lipinski definition) is 4. The summed E-state index contributed by atoms with van der Waals surface area (Å²) in [5.74, 6) is 0.799. The quantitative estimate of drug-likeness (QED) is 0.669. The minimum Gasteiger partial charge on any atom is -0.508 e. The second-order valence-corrected chi connectivity index (χ2v) is 6.28. The maximum atomic E-state index is 9.91. The molecule has 0 saturated heterocycles. The lowest BCUT2D eigenvalue weighted by Crippen LogP contribution is -2.07. The average molecular weight is 417 g/mol. The first-order valence-electron chi connectivity index (χ1n) is 6.23. The Bertz CT molecular complexity index is 662. The molecule has 0 aliphatic heterocycles. The van der Waals surface area contributed by atoms with Crippen molar-refractivity contribution in [3.05, 3.63) is 44.8 Å². The summed E-state index contributed by atoms with van der Waals surface area (Å²) in [6, 6.07) is 8.17.